The smallest absolute Gasteiger partial charge is 0.345 e. The maximum absolute atomic E-state index is 13.0. The quantitative estimate of drug-likeness (QED) is 0.199. The van der Waals surface area contributed by atoms with E-state index < -0.39 is 5.97 Å². The van der Waals surface area contributed by atoms with Crippen LogP contribution in [0, 0.1) is 24.7 Å². The van der Waals surface area contributed by atoms with Gasteiger partial charge in [0.1, 0.15) is 10.6 Å². The van der Waals surface area contributed by atoms with Gasteiger partial charge >= 0.3 is 5.97 Å². The molecule has 0 radical (unpaired) electrons. The molecule has 8 heterocycles. The van der Waals surface area contributed by atoms with Crippen molar-refractivity contribution in [3.05, 3.63) is 63.8 Å². The predicted octanol–water partition coefficient (Wildman–Crippen LogP) is 8.75. The van der Waals surface area contributed by atoms with E-state index in [4.69, 9.17) is 15.6 Å². The number of methoxy groups -OCH3 is 1. The minimum Gasteiger partial charge on any atom is -0.497 e. The number of hydrogen-bond acceptors (Lipinski definition) is 8. The zero-order valence-electron chi connectivity index (χ0n) is 29.7. The monoisotopic (exact) mass is 725 g/mol. The van der Waals surface area contributed by atoms with Crippen molar-refractivity contribution in [1.82, 2.24) is 9.80 Å². The molecule has 0 unspecified atom stereocenters. The number of fused-ring (bicyclic) bond motifs is 8. The van der Waals surface area contributed by atoms with Crippen LogP contribution in [0.15, 0.2) is 48.5 Å². The molecular formula is C39H52ClN3O4S2. The molecule has 2 atom stereocenters. The third kappa shape index (κ3) is 7.72. The van der Waals surface area contributed by atoms with Crippen LogP contribution in [0.4, 0.5) is 0 Å². The molecule has 4 aromatic rings. The molecule has 0 saturated carbocycles. The summed E-state index contributed by atoms with van der Waals surface area (Å²) in [5, 5.41) is 10.9. The molecule has 0 amide bonds. The summed E-state index contributed by atoms with van der Waals surface area (Å²) >= 11 is 2.93. The van der Waals surface area contributed by atoms with Crippen LogP contribution in [0.25, 0.3) is 20.2 Å². The van der Waals surface area contributed by atoms with Gasteiger partial charge in [0.05, 0.1) is 12.0 Å². The fourth-order valence-electron chi connectivity index (χ4n) is 8.58. The number of piperidine rings is 6. The number of hydrogen-bond donors (Lipinski definition) is 2. The molecule has 4 bridgehead atoms. The van der Waals surface area contributed by atoms with Crippen LogP contribution in [0.5, 0.6) is 5.75 Å². The number of carboxylic acids is 1. The van der Waals surface area contributed by atoms with Crippen molar-refractivity contribution in [2.24, 2.45) is 23.5 Å². The van der Waals surface area contributed by atoms with Gasteiger partial charge in [-0.25, -0.2) is 4.79 Å². The molecule has 2 aromatic carbocycles. The Hall–Kier alpha value is -2.53. The number of benzene rings is 2. The van der Waals surface area contributed by atoms with Crippen molar-refractivity contribution >= 4 is 67.0 Å². The number of halogens is 1. The van der Waals surface area contributed by atoms with Crippen LogP contribution in [0.1, 0.15) is 84.7 Å². The number of thiophene rings is 2. The summed E-state index contributed by atoms with van der Waals surface area (Å²) in [6, 6.07) is 16.1. The van der Waals surface area contributed by atoms with Crippen LogP contribution in [-0.2, 0) is 0 Å². The van der Waals surface area contributed by atoms with E-state index in [2.05, 4.69) is 37.5 Å². The van der Waals surface area contributed by atoms with E-state index in [0.29, 0.717) is 35.0 Å². The summed E-state index contributed by atoms with van der Waals surface area (Å²) in [6.45, 7) is 16.1. The Labute approximate surface area is 305 Å². The summed E-state index contributed by atoms with van der Waals surface area (Å²) in [6.07, 6.45) is 5.84. The average Bonchev–Trinajstić information content (AvgIpc) is 3.70. The summed E-state index contributed by atoms with van der Waals surface area (Å²) in [5.41, 5.74) is 7.73. The highest BCUT2D eigenvalue weighted by Gasteiger charge is 2.48. The highest BCUT2D eigenvalue weighted by Crippen LogP contribution is 2.46. The Bertz CT molecular complexity index is 1780. The summed E-state index contributed by atoms with van der Waals surface area (Å²) in [5.74, 6) is 2.30. The number of carboxylic acid groups (broad SMARTS) is 1. The van der Waals surface area contributed by atoms with Gasteiger partial charge in [-0.1, -0.05) is 17.7 Å². The first-order chi connectivity index (χ1) is 22.8. The first-order valence-corrected chi connectivity index (χ1v) is 19.0. The highest BCUT2D eigenvalue weighted by atomic mass is 35.5. The third-order valence-electron chi connectivity index (χ3n) is 11.8. The Morgan fingerprint density at radius 1 is 0.816 bits per heavy atom. The van der Waals surface area contributed by atoms with Crippen molar-refractivity contribution in [2.75, 3.05) is 33.3 Å². The molecule has 6 aliphatic heterocycles. The lowest BCUT2D eigenvalue weighted by Gasteiger charge is -2.56. The van der Waals surface area contributed by atoms with Gasteiger partial charge in [0.2, 0.25) is 0 Å². The van der Waals surface area contributed by atoms with Gasteiger partial charge in [-0.05, 0) is 151 Å². The van der Waals surface area contributed by atoms with Gasteiger partial charge in [0.25, 0.3) is 0 Å². The number of aryl methyl sites for hydroxylation is 1. The standard InChI is InChI=1S/C20H25NO2S.C10H8O2S.C9H18N2.ClH/c1-20(2)16(13-6-8-21(20)9-7-13)12-17(22)19-11-14-10-15(23-3)4-5-18(14)24-19;1-6-2-3-8-7(4-6)5-9(13-8)10(11)12;1-9(2)8(10)7-3-5-11(9)6-4-7;/h4-5,10-11,13,16H,6-9,12H2,1-3H3;2-5H,1H3,(H,11,12);7-8H,3-6,10H2,1-2H3;1H/t16-;;8-;/m1.1./s1. The summed E-state index contributed by atoms with van der Waals surface area (Å²) in [4.78, 5) is 30.0. The molecule has 6 saturated heterocycles. The van der Waals surface area contributed by atoms with Gasteiger partial charge in [-0.2, -0.15) is 0 Å². The van der Waals surface area contributed by atoms with Crippen molar-refractivity contribution < 1.29 is 19.4 Å². The van der Waals surface area contributed by atoms with Crippen molar-refractivity contribution in [3.63, 3.8) is 0 Å². The van der Waals surface area contributed by atoms with E-state index >= 15 is 0 Å². The minimum atomic E-state index is -0.848. The van der Waals surface area contributed by atoms with E-state index in [-0.39, 0.29) is 23.5 Å². The number of carbonyl (C=O) groups excluding carboxylic acids is 1. The maximum Gasteiger partial charge on any atom is 0.345 e. The van der Waals surface area contributed by atoms with Crippen molar-refractivity contribution in [2.45, 2.75) is 83.8 Å². The topological polar surface area (TPSA) is 96.1 Å². The normalized spacial score (nSPS) is 27.3. The number of carbonyl (C=O) groups is 2. The molecular weight excluding hydrogens is 674 g/mol. The minimum absolute atomic E-state index is 0. The Balaban J connectivity index is 0.000000158. The second-order valence-electron chi connectivity index (χ2n) is 15.2. The first kappa shape index (κ1) is 37.7. The second-order valence-corrected chi connectivity index (χ2v) is 17.4. The fourth-order valence-corrected chi connectivity index (χ4v) is 10.5. The zero-order chi connectivity index (χ0) is 34.4. The lowest BCUT2D eigenvalue weighted by Crippen LogP contribution is -2.67. The molecule has 7 nitrogen and oxygen atoms in total. The fraction of sp³-hybridized carbons (Fsp3) is 0.538. The molecule has 49 heavy (non-hydrogen) atoms. The zero-order valence-corrected chi connectivity index (χ0v) is 32.1. The first-order valence-electron chi connectivity index (χ1n) is 17.4. The number of Topliss-reactive ketones (excluding diaryl/α,β-unsaturated/α-hetero) is 1. The molecule has 2 aromatic heterocycles. The lowest BCUT2D eigenvalue weighted by molar-refractivity contribution is -0.0643. The number of nitrogens with two attached hydrogens (primary N) is 1. The molecule has 0 spiro atoms. The Kier molecular flexibility index (Phi) is 11.5. The van der Waals surface area contributed by atoms with E-state index in [1.165, 1.54) is 63.2 Å². The Morgan fingerprint density at radius 3 is 1.88 bits per heavy atom. The maximum atomic E-state index is 13.0. The van der Waals surface area contributed by atoms with Crippen molar-refractivity contribution in [1.29, 1.82) is 0 Å². The molecule has 266 valence electrons. The van der Waals surface area contributed by atoms with Gasteiger partial charge < -0.3 is 15.6 Å². The molecule has 10 rings (SSSR count). The molecule has 10 heteroatoms. The lowest BCUT2D eigenvalue weighted by atomic mass is 9.65. The predicted molar refractivity (Wildman–Crippen MR) is 206 cm³/mol. The van der Waals surface area contributed by atoms with Crippen LogP contribution in [-0.4, -0.2) is 77.1 Å². The molecule has 0 aliphatic carbocycles. The number of aromatic carboxylic acids is 1. The van der Waals surface area contributed by atoms with E-state index in [9.17, 15) is 9.59 Å². The van der Waals surface area contributed by atoms with Crippen LogP contribution >= 0.6 is 35.1 Å². The third-order valence-corrected chi connectivity index (χ3v) is 14.1. The van der Waals surface area contributed by atoms with Gasteiger partial charge in [-0.15, -0.1) is 35.1 Å². The van der Waals surface area contributed by atoms with E-state index in [1.807, 2.05) is 49.4 Å². The number of nitrogens with zero attached hydrogens (tertiary/aromatic N) is 2. The highest BCUT2D eigenvalue weighted by molar-refractivity contribution is 7.21. The summed E-state index contributed by atoms with van der Waals surface area (Å²) in [7, 11) is 1.68. The Morgan fingerprint density at radius 2 is 1.35 bits per heavy atom. The largest absolute Gasteiger partial charge is 0.497 e. The van der Waals surface area contributed by atoms with Crippen LogP contribution in [0.2, 0.25) is 0 Å². The van der Waals surface area contributed by atoms with Crippen molar-refractivity contribution in [3.8, 4) is 5.75 Å². The van der Waals surface area contributed by atoms with Crippen LogP contribution in [0.3, 0.4) is 0 Å². The SMILES string of the molecule is CC1(C)[C@H](N)C2CCN1CC2.COc1ccc2sc(C(=O)C[C@@H]3C4CCN(CC4)C3(C)C)cc2c1.Cc1ccc2sc(C(=O)O)cc2c1.Cl. The van der Waals surface area contributed by atoms with E-state index in [1.54, 1.807) is 24.5 Å². The average molecular weight is 726 g/mol. The van der Waals surface area contributed by atoms with Gasteiger partial charge in [0, 0.05) is 32.9 Å². The van der Waals surface area contributed by atoms with Gasteiger partial charge in [0.15, 0.2) is 5.78 Å². The summed E-state index contributed by atoms with van der Waals surface area (Å²) < 4.78 is 7.48. The van der Waals surface area contributed by atoms with Gasteiger partial charge in [-0.3, -0.25) is 14.6 Å². The number of rotatable bonds is 5. The van der Waals surface area contributed by atoms with Crippen LogP contribution < -0.4 is 10.5 Å². The molecule has 3 N–H and O–H groups in total. The molecule has 6 fully saturated rings. The second kappa shape index (κ2) is 15.0. The number of ketones is 1. The molecule has 6 aliphatic rings. The van der Waals surface area contributed by atoms with E-state index in [0.717, 1.165) is 42.3 Å². The number of ether oxygens (including phenoxy) is 1.